The molecule has 0 saturated heterocycles. The molecule has 120 valence electrons. The highest BCUT2D eigenvalue weighted by molar-refractivity contribution is 4.90. The summed E-state index contributed by atoms with van der Waals surface area (Å²) in [4.78, 5) is 0. The quantitative estimate of drug-likeness (QED) is 0.748. The molecular weight excluding hydrogens is 267 g/mol. The minimum Gasteiger partial charge on any atom is -0.372 e. The van der Waals surface area contributed by atoms with Crippen molar-refractivity contribution < 1.29 is 17.9 Å². The Morgan fingerprint density at radius 1 is 1.20 bits per heavy atom. The molecule has 1 rings (SSSR count). The molecule has 1 aliphatic rings. The van der Waals surface area contributed by atoms with Crippen molar-refractivity contribution >= 4 is 0 Å². The van der Waals surface area contributed by atoms with Gasteiger partial charge in [0.05, 0.1) is 0 Å². The molecule has 0 aromatic heterocycles. The summed E-state index contributed by atoms with van der Waals surface area (Å²) in [7, 11) is 0. The van der Waals surface area contributed by atoms with Gasteiger partial charge in [0, 0.05) is 12.6 Å². The first-order valence-corrected chi connectivity index (χ1v) is 7.52. The average Bonchev–Trinajstić information content (AvgIpc) is 2.26. The molecule has 0 aliphatic heterocycles. The Kier molecular flexibility index (Phi) is 6.32. The number of hydrogen-bond acceptors (Lipinski definition) is 2. The zero-order chi connectivity index (χ0) is 15.4. The van der Waals surface area contributed by atoms with E-state index in [9.17, 15) is 13.2 Å². The third-order valence-corrected chi connectivity index (χ3v) is 4.54. The van der Waals surface area contributed by atoms with E-state index in [1.165, 1.54) is 6.42 Å². The lowest BCUT2D eigenvalue weighted by molar-refractivity contribution is -0.174. The van der Waals surface area contributed by atoms with Gasteiger partial charge in [-0.15, -0.1) is 0 Å². The zero-order valence-corrected chi connectivity index (χ0v) is 12.8. The Balaban J connectivity index is 2.30. The average molecular weight is 295 g/mol. The van der Waals surface area contributed by atoms with Crippen LogP contribution in [-0.2, 0) is 4.74 Å². The van der Waals surface area contributed by atoms with Crippen LogP contribution in [0.3, 0.4) is 0 Å². The summed E-state index contributed by atoms with van der Waals surface area (Å²) < 4.78 is 40.5. The lowest BCUT2D eigenvalue weighted by Gasteiger charge is -2.43. The van der Waals surface area contributed by atoms with E-state index in [0.717, 1.165) is 19.3 Å². The Morgan fingerprint density at radius 3 is 2.40 bits per heavy atom. The van der Waals surface area contributed by atoms with Gasteiger partial charge in [-0.3, -0.25) is 0 Å². The maximum Gasteiger partial charge on any atom is 0.411 e. The number of nitrogens with two attached hydrogens (primary N) is 1. The van der Waals surface area contributed by atoms with Crippen molar-refractivity contribution in [2.24, 2.45) is 23.0 Å². The summed E-state index contributed by atoms with van der Waals surface area (Å²) in [5.74, 6) is 1.15. The van der Waals surface area contributed by atoms with Gasteiger partial charge in [-0.25, -0.2) is 0 Å². The predicted octanol–water partition coefficient (Wildman–Crippen LogP) is 4.14. The lowest BCUT2D eigenvalue weighted by atomic mass is 9.65. The highest BCUT2D eigenvalue weighted by atomic mass is 19.4. The van der Waals surface area contributed by atoms with E-state index in [2.05, 4.69) is 25.5 Å². The van der Waals surface area contributed by atoms with Crippen molar-refractivity contribution in [3.8, 4) is 0 Å². The van der Waals surface area contributed by atoms with Gasteiger partial charge < -0.3 is 10.5 Å². The van der Waals surface area contributed by atoms with Crippen LogP contribution in [0.5, 0.6) is 0 Å². The van der Waals surface area contributed by atoms with Crippen molar-refractivity contribution in [3.05, 3.63) is 0 Å². The van der Waals surface area contributed by atoms with Gasteiger partial charge in [0.2, 0.25) is 0 Å². The fraction of sp³-hybridized carbons (Fsp3) is 1.00. The van der Waals surface area contributed by atoms with Crippen LogP contribution in [0.1, 0.15) is 52.9 Å². The van der Waals surface area contributed by atoms with E-state index in [4.69, 9.17) is 5.73 Å². The molecule has 0 heterocycles. The number of hydrogen-bond donors (Lipinski definition) is 1. The zero-order valence-electron chi connectivity index (χ0n) is 12.8. The summed E-state index contributed by atoms with van der Waals surface area (Å²) >= 11 is 0. The van der Waals surface area contributed by atoms with Gasteiger partial charge in [-0.1, -0.05) is 27.2 Å². The molecule has 0 bridgehead atoms. The maximum absolute atomic E-state index is 12.0. The molecule has 3 atom stereocenters. The van der Waals surface area contributed by atoms with E-state index in [0.29, 0.717) is 18.3 Å². The third-order valence-electron chi connectivity index (χ3n) is 4.54. The molecule has 1 aliphatic carbocycles. The molecule has 1 saturated carbocycles. The van der Waals surface area contributed by atoms with E-state index in [1.807, 2.05) is 0 Å². The van der Waals surface area contributed by atoms with E-state index in [-0.39, 0.29) is 18.1 Å². The molecular formula is C15H28F3NO. The van der Waals surface area contributed by atoms with E-state index < -0.39 is 12.8 Å². The van der Waals surface area contributed by atoms with Crippen molar-refractivity contribution in [1.82, 2.24) is 0 Å². The second-order valence-corrected chi connectivity index (χ2v) is 6.95. The van der Waals surface area contributed by atoms with Gasteiger partial charge in [0.1, 0.15) is 6.61 Å². The first kappa shape index (κ1) is 17.8. The van der Waals surface area contributed by atoms with Gasteiger partial charge in [-0.05, 0) is 42.9 Å². The lowest BCUT2D eigenvalue weighted by Crippen LogP contribution is -2.43. The molecule has 0 amide bonds. The number of rotatable bonds is 6. The molecule has 20 heavy (non-hydrogen) atoms. The van der Waals surface area contributed by atoms with E-state index >= 15 is 0 Å². The minimum absolute atomic E-state index is 0.0706. The molecule has 0 radical (unpaired) electrons. The highest BCUT2D eigenvalue weighted by Crippen LogP contribution is 2.42. The molecule has 5 heteroatoms. The molecule has 3 unspecified atom stereocenters. The smallest absolute Gasteiger partial charge is 0.372 e. The summed E-state index contributed by atoms with van der Waals surface area (Å²) in [6.45, 7) is 5.61. The van der Waals surface area contributed by atoms with Crippen LogP contribution in [0.2, 0.25) is 0 Å². The summed E-state index contributed by atoms with van der Waals surface area (Å²) in [6.07, 6.45) is 0.667. The second kappa shape index (κ2) is 7.12. The maximum atomic E-state index is 12.0. The first-order chi connectivity index (χ1) is 9.12. The molecule has 2 N–H and O–H groups in total. The summed E-state index contributed by atoms with van der Waals surface area (Å²) in [5, 5.41) is 0. The second-order valence-electron chi connectivity index (χ2n) is 6.95. The SMILES string of the molecule is CC1CCC(C(C)(C)CCCOCC(F)(F)F)C(N)C1. The fourth-order valence-electron chi connectivity index (χ4n) is 3.40. The Morgan fingerprint density at radius 2 is 1.85 bits per heavy atom. The van der Waals surface area contributed by atoms with Crippen LogP contribution >= 0.6 is 0 Å². The normalized spacial score (nSPS) is 28.6. The Hall–Kier alpha value is -0.290. The Labute approximate surface area is 120 Å². The fourth-order valence-corrected chi connectivity index (χ4v) is 3.40. The van der Waals surface area contributed by atoms with Crippen LogP contribution in [0.25, 0.3) is 0 Å². The standard InChI is InChI=1S/C15H28F3NO/c1-11-5-6-12(13(19)9-11)14(2,3)7-4-8-20-10-15(16,17)18/h11-13H,4-10,19H2,1-3H3. The molecule has 2 nitrogen and oxygen atoms in total. The number of ether oxygens (including phenoxy) is 1. The number of halogens is 3. The molecule has 0 aromatic rings. The summed E-state index contributed by atoms with van der Waals surface area (Å²) in [5.41, 5.74) is 6.33. The van der Waals surface area contributed by atoms with Crippen LogP contribution < -0.4 is 5.73 Å². The van der Waals surface area contributed by atoms with Crippen LogP contribution in [0, 0.1) is 17.3 Å². The van der Waals surface area contributed by atoms with Crippen LogP contribution in [0.15, 0.2) is 0 Å². The van der Waals surface area contributed by atoms with Gasteiger partial charge in [-0.2, -0.15) is 13.2 Å². The summed E-state index contributed by atoms with van der Waals surface area (Å²) in [6, 6.07) is 0.213. The largest absolute Gasteiger partial charge is 0.411 e. The van der Waals surface area contributed by atoms with E-state index in [1.54, 1.807) is 0 Å². The minimum atomic E-state index is -4.22. The Bertz CT molecular complexity index is 291. The predicted molar refractivity (Wildman–Crippen MR) is 74.4 cm³/mol. The van der Waals surface area contributed by atoms with Crippen LogP contribution in [-0.4, -0.2) is 25.4 Å². The van der Waals surface area contributed by atoms with Gasteiger partial charge >= 0.3 is 6.18 Å². The van der Waals surface area contributed by atoms with Crippen LogP contribution in [0.4, 0.5) is 13.2 Å². The van der Waals surface area contributed by atoms with Gasteiger partial charge in [0.15, 0.2) is 0 Å². The molecule has 0 spiro atoms. The van der Waals surface area contributed by atoms with Crippen molar-refractivity contribution in [2.75, 3.05) is 13.2 Å². The highest BCUT2D eigenvalue weighted by Gasteiger charge is 2.36. The topological polar surface area (TPSA) is 35.2 Å². The van der Waals surface area contributed by atoms with Crippen molar-refractivity contribution in [3.63, 3.8) is 0 Å². The third kappa shape index (κ3) is 6.00. The first-order valence-electron chi connectivity index (χ1n) is 7.52. The molecule has 0 aromatic carbocycles. The van der Waals surface area contributed by atoms with Crippen molar-refractivity contribution in [1.29, 1.82) is 0 Å². The number of alkyl halides is 3. The molecule has 1 fully saturated rings. The van der Waals surface area contributed by atoms with Gasteiger partial charge in [0.25, 0.3) is 0 Å². The van der Waals surface area contributed by atoms with Crippen molar-refractivity contribution in [2.45, 2.75) is 65.1 Å². The monoisotopic (exact) mass is 295 g/mol.